The third kappa shape index (κ3) is 2.40. The predicted molar refractivity (Wildman–Crippen MR) is 78.4 cm³/mol. The molecule has 2 heterocycles. The van der Waals surface area contributed by atoms with Gasteiger partial charge < -0.3 is 10.3 Å². The number of rotatable bonds is 3. The van der Waals surface area contributed by atoms with Crippen LogP contribution in [0.25, 0.3) is 10.9 Å². The molecular formula is C16H15N3O. The van der Waals surface area contributed by atoms with Gasteiger partial charge in [-0.25, -0.2) is 0 Å². The van der Waals surface area contributed by atoms with E-state index in [4.69, 9.17) is 0 Å². The summed E-state index contributed by atoms with van der Waals surface area (Å²) in [6, 6.07) is 11.7. The number of carbonyl (C=O) groups is 1. The number of hydrogen-bond donors (Lipinski definition) is 2. The smallest absolute Gasteiger partial charge is 0.253 e. The average Bonchev–Trinajstić information content (AvgIpc) is 2.90. The molecule has 1 aromatic carbocycles. The van der Waals surface area contributed by atoms with Crippen molar-refractivity contribution < 1.29 is 4.79 Å². The van der Waals surface area contributed by atoms with Gasteiger partial charge in [-0.1, -0.05) is 24.3 Å². The normalized spacial score (nSPS) is 10.7. The Bertz CT molecular complexity index is 744. The van der Waals surface area contributed by atoms with E-state index in [1.165, 1.54) is 0 Å². The fourth-order valence-corrected chi connectivity index (χ4v) is 2.14. The second-order valence-electron chi connectivity index (χ2n) is 4.74. The number of hydrogen-bond acceptors (Lipinski definition) is 2. The van der Waals surface area contributed by atoms with Crippen LogP contribution in [0.3, 0.4) is 0 Å². The minimum absolute atomic E-state index is 0.0805. The number of pyridine rings is 1. The lowest BCUT2D eigenvalue weighted by atomic mass is 10.1. The highest BCUT2D eigenvalue weighted by Gasteiger charge is 2.10. The summed E-state index contributed by atoms with van der Waals surface area (Å²) in [6.07, 6.45) is 3.53. The number of aryl methyl sites for hydroxylation is 1. The van der Waals surface area contributed by atoms with Crippen LogP contribution >= 0.6 is 0 Å². The molecule has 0 atom stereocenters. The van der Waals surface area contributed by atoms with Crippen LogP contribution in [0.4, 0.5) is 0 Å². The van der Waals surface area contributed by atoms with E-state index >= 15 is 0 Å². The standard InChI is InChI=1S/C16H15N3O/c1-11-6-7-12(8-17-11)9-19-16(20)14-10-18-15-5-3-2-4-13(14)15/h2-8,10,18H,9H2,1H3,(H,19,20). The highest BCUT2D eigenvalue weighted by molar-refractivity contribution is 6.06. The van der Waals surface area contributed by atoms with E-state index in [9.17, 15) is 4.79 Å². The summed E-state index contributed by atoms with van der Waals surface area (Å²) in [6.45, 7) is 2.42. The van der Waals surface area contributed by atoms with E-state index in [0.717, 1.165) is 22.2 Å². The highest BCUT2D eigenvalue weighted by atomic mass is 16.1. The second-order valence-corrected chi connectivity index (χ2v) is 4.74. The quantitative estimate of drug-likeness (QED) is 0.765. The van der Waals surface area contributed by atoms with E-state index in [1.807, 2.05) is 43.3 Å². The number of aromatic nitrogens is 2. The monoisotopic (exact) mass is 265 g/mol. The molecule has 0 spiro atoms. The lowest BCUT2D eigenvalue weighted by Crippen LogP contribution is -2.22. The van der Waals surface area contributed by atoms with E-state index in [1.54, 1.807) is 12.4 Å². The molecule has 0 fully saturated rings. The first-order valence-electron chi connectivity index (χ1n) is 6.50. The van der Waals surface area contributed by atoms with Crippen LogP contribution in [0.15, 0.2) is 48.8 Å². The third-order valence-corrected chi connectivity index (χ3v) is 3.26. The molecular weight excluding hydrogens is 250 g/mol. The molecule has 0 radical (unpaired) electrons. The number of H-pyrrole nitrogens is 1. The maximum Gasteiger partial charge on any atom is 0.253 e. The molecule has 3 aromatic rings. The minimum atomic E-state index is -0.0805. The summed E-state index contributed by atoms with van der Waals surface area (Å²) in [7, 11) is 0. The van der Waals surface area contributed by atoms with Crippen molar-refractivity contribution >= 4 is 16.8 Å². The number of para-hydroxylation sites is 1. The van der Waals surface area contributed by atoms with Crippen LogP contribution in [0.2, 0.25) is 0 Å². The van der Waals surface area contributed by atoms with Gasteiger partial charge in [0.15, 0.2) is 0 Å². The van der Waals surface area contributed by atoms with Gasteiger partial charge in [0.2, 0.25) is 0 Å². The average molecular weight is 265 g/mol. The Labute approximate surface area is 116 Å². The maximum atomic E-state index is 12.2. The molecule has 4 nitrogen and oxygen atoms in total. The van der Waals surface area contributed by atoms with Crippen LogP contribution in [0, 0.1) is 6.92 Å². The number of carbonyl (C=O) groups excluding carboxylic acids is 1. The molecule has 2 N–H and O–H groups in total. The SMILES string of the molecule is Cc1ccc(CNC(=O)c2c[nH]c3ccccc23)cn1. The van der Waals surface area contributed by atoms with Crippen LogP contribution in [-0.2, 0) is 6.54 Å². The van der Waals surface area contributed by atoms with Crippen LogP contribution in [0.5, 0.6) is 0 Å². The highest BCUT2D eigenvalue weighted by Crippen LogP contribution is 2.17. The van der Waals surface area contributed by atoms with Gasteiger partial charge in [0.25, 0.3) is 5.91 Å². The Morgan fingerprint density at radius 1 is 1.25 bits per heavy atom. The Kier molecular flexibility index (Phi) is 3.21. The van der Waals surface area contributed by atoms with E-state index in [2.05, 4.69) is 15.3 Å². The van der Waals surface area contributed by atoms with Crippen molar-refractivity contribution in [2.75, 3.05) is 0 Å². The van der Waals surface area contributed by atoms with Crippen molar-refractivity contribution in [1.29, 1.82) is 0 Å². The molecule has 0 bridgehead atoms. The first-order chi connectivity index (χ1) is 9.74. The van der Waals surface area contributed by atoms with Crippen molar-refractivity contribution in [1.82, 2.24) is 15.3 Å². The lowest BCUT2D eigenvalue weighted by Gasteiger charge is -2.04. The maximum absolute atomic E-state index is 12.2. The minimum Gasteiger partial charge on any atom is -0.360 e. The van der Waals surface area contributed by atoms with E-state index in [0.29, 0.717) is 12.1 Å². The largest absolute Gasteiger partial charge is 0.360 e. The van der Waals surface area contributed by atoms with Gasteiger partial charge in [-0.15, -0.1) is 0 Å². The van der Waals surface area contributed by atoms with Crippen LogP contribution < -0.4 is 5.32 Å². The Hall–Kier alpha value is -2.62. The van der Waals surface area contributed by atoms with Gasteiger partial charge in [-0.05, 0) is 24.6 Å². The van der Waals surface area contributed by atoms with Gasteiger partial charge >= 0.3 is 0 Å². The molecule has 0 aliphatic heterocycles. The van der Waals surface area contributed by atoms with E-state index in [-0.39, 0.29) is 5.91 Å². The van der Waals surface area contributed by atoms with Crippen LogP contribution in [0.1, 0.15) is 21.6 Å². The fourth-order valence-electron chi connectivity index (χ4n) is 2.14. The summed E-state index contributed by atoms with van der Waals surface area (Å²) >= 11 is 0. The Morgan fingerprint density at radius 3 is 2.90 bits per heavy atom. The van der Waals surface area contributed by atoms with Gasteiger partial charge in [0.1, 0.15) is 0 Å². The summed E-state index contributed by atoms with van der Waals surface area (Å²) < 4.78 is 0. The van der Waals surface area contributed by atoms with Gasteiger partial charge in [0.05, 0.1) is 5.56 Å². The van der Waals surface area contributed by atoms with Crippen molar-refractivity contribution in [2.45, 2.75) is 13.5 Å². The number of aromatic amines is 1. The first kappa shape index (κ1) is 12.4. The van der Waals surface area contributed by atoms with Crippen molar-refractivity contribution in [2.24, 2.45) is 0 Å². The molecule has 0 aliphatic rings. The number of benzene rings is 1. The van der Waals surface area contributed by atoms with Gasteiger partial charge in [0, 0.05) is 35.5 Å². The molecule has 0 aliphatic carbocycles. The zero-order valence-corrected chi connectivity index (χ0v) is 11.2. The predicted octanol–water partition coefficient (Wildman–Crippen LogP) is 2.80. The van der Waals surface area contributed by atoms with E-state index < -0.39 is 0 Å². The summed E-state index contributed by atoms with van der Waals surface area (Å²) in [4.78, 5) is 19.5. The van der Waals surface area contributed by atoms with Gasteiger partial charge in [-0.2, -0.15) is 0 Å². The van der Waals surface area contributed by atoms with Crippen molar-refractivity contribution in [3.63, 3.8) is 0 Å². The topological polar surface area (TPSA) is 57.8 Å². The molecule has 0 saturated heterocycles. The molecule has 0 saturated carbocycles. The lowest BCUT2D eigenvalue weighted by molar-refractivity contribution is 0.0952. The third-order valence-electron chi connectivity index (χ3n) is 3.26. The zero-order valence-electron chi connectivity index (χ0n) is 11.2. The van der Waals surface area contributed by atoms with Crippen molar-refractivity contribution in [3.8, 4) is 0 Å². The summed E-state index contributed by atoms with van der Waals surface area (Å²) in [5.41, 5.74) is 3.59. The molecule has 100 valence electrons. The summed E-state index contributed by atoms with van der Waals surface area (Å²) in [5.74, 6) is -0.0805. The first-order valence-corrected chi connectivity index (χ1v) is 6.50. The molecule has 2 aromatic heterocycles. The number of nitrogens with one attached hydrogen (secondary N) is 2. The van der Waals surface area contributed by atoms with Crippen LogP contribution in [-0.4, -0.2) is 15.9 Å². The summed E-state index contributed by atoms with van der Waals surface area (Å²) in [5, 5.41) is 3.85. The zero-order chi connectivity index (χ0) is 13.9. The Morgan fingerprint density at radius 2 is 2.10 bits per heavy atom. The Balaban J connectivity index is 1.75. The molecule has 1 amide bonds. The number of amides is 1. The van der Waals surface area contributed by atoms with Crippen molar-refractivity contribution in [3.05, 3.63) is 65.6 Å². The fraction of sp³-hybridized carbons (Fsp3) is 0.125. The second kappa shape index (κ2) is 5.17. The van der Waals surface area contributed by atoms with Gasteiger partial charge in [-0.3, -0.25) is 9.78 Å². The number of fused-ring (bicyclic) bond motifs is 1. The molecule has 20 heavy (non-hydrogen) atoms. The molecule has 4 heteroatoms. The molecule has 3 rings (SSSR count). The number of nitrogens with zero attached hydrogens (tertiary/aromatic N) is 1. The molecule has 0 unspecified atom stereocenters.